The second kappa shape index (κ2) is 5.05. The smallest absolute Gasteiger partial charge is 0.339 e. The highest BCUT2D eigenvalue weighted by Crippen LogP contribution is 2.45. The summed E-state index contributed by atoms with van der Waals surface area (Å²) in [6, 6.07) is 8.43. The molecule has 0 unspecified atom stereocenters. The number of benzene rings is 3. The molecule has 5 rings (SSSR count). The van der Waals surface area contributed by atoms with Gasteiger partial charge in [-0.15, -0.1) is 0 Å². The fourth-order valence-corrected chi connectivity index (χ4v) is 3.70. The maximum Gasteiger partial charge on any atom is 0.339 e. The number of fused-ring (bicyclic) bond motifs is 3. The van der Waals surface area contributed by atoms with Crippen molar-refractivity contribution in [2.75, 3.05) is 6.79 Å². The quantitative estimate of drug-likeness (QED) is 0.515. The zero-order valence-corrected chi connectivity index (χ0v) is 13.8. The molecule has 3 aromatic rings. The van der Waals surface area contributed by atoms with Crippen LogP contribution in [0.3, 0.4) is 0 Å². The third-order valence-electron chi connectivity index (χ3n) is 5.01. The van der Waals surface area contributed by atoms with Gasteiger partial charge in [-0.1, -0.05) is 6.07 Å². The molecule has 6 heteroatoms. The maximum absolute atomic E-state index is 12.5. The van der Waals surface area contributed by atoms with Gasteiger partial charge in [0.1, 0.15) is 6.61 Å². The number of aryl methyl sites for hydroxylation is 1. The van der Waals surface area contributed by atoms with Crippen LogP contribution in [0.15, 0.2) is 30.3 Å². The predicted molar refractivity (Wildman–Crippen MR) is 92.7 cm³/mol. The lowest BCUT2D eigenvalue weighted by Crippen LogP contribution is -2.00. The van der Waals surface area contributed by atoms with Crippen molar-refractivity contribution in [3.8, 4) is 34.1 Å². The Morgan fingerprint density at radius 3 is 2.42 bits per heavy atom. The van der Waals surface area contributed by atoms with Gasteiger partial charge in [0.05, 0.1) is 5.56 Å². The fourth-order valence-electron chi connectivity index (χ4n) is 3.70. The van der Waals surface area contributed by atoms with E-state index in [4.69, 9.17) is 14.2 Å². The minimum atomic E-state index is -0.398. The van der Waals surface area contributed by atoms with Crippen molar-refractivity contribution in [3.05, 3.63) is 47.0 Å². The van der Waals surface area contributed by atoms with E-state index in [1.807, 2.05) is 19.1 Å². The first-order valence-corrected chi connectivity index (χ1v) is 8.13. The van der Waals surface area contributed by atoms with E-state index in [9.17, 15) is 15.0 Å². The molecule has 3 aromatic carbocycles. The third-order valence-corrected chi connectivity index (χ3v) is 5.01. The average Bonchev–Trinajstić information content (AvgIpc) is 3.24. The fraction of sp³-hybridized carbons (Fsp3) is 0.150. The molecule has 0 aromatic heterocycles. The number of cyclic esters (lactones) is 1. The second-order valence-electron chi connectivity index (χ2n) is 6.38. The molecule has 0 spiro atoms. The van der Waals surface area contributed by atoms with Gasteiger partial charge >= 0.3 is 5.97 Å². The van der Waals surface area contributed by atoms with Crippen LogP contribution >= 0.6 is 0 Å². The summed E-state index contributed by atoms with van der Waals surface area (Å²) in [5, 5.41) is 21.4. The molecule has 0 saturated carbocycles. The topological polar surface area (TPSA) is 85.2 Å². The van der Waals surface area contributed by atoms with Crippen LogP contribution in [0.4, 0.5) is 0 Å². The standard InChI is InChI=1S/C20H14O6/c1-9-11-5-14(21)15(22)6-12(11)18(19-13(9)7-24-20(19)23)10-2-3-16-17(4-10)26-8-25-16/h2-6,21-22H,7-8H2,1H3. The number of ether oxygens (including phenoxy) is 3. The summed E-state index contributed by atoms with van der Waals surface area (Å²) in [4.78, 5) is 12.5. The van der Waals surface area contributed by atoms with Crippen molar-refractivity contribution in [1.82, 2.24) is 0 Å². The monoisotopic (exact) mass is 350 g/mol. The first kappa shape index (κ1) is 14.9. The number of hydrogen-bond acceptors (Lipinski definition) is 6. The molecule has 130 valence electrons. The Morgan fingerprint density at radius 2 is 1.62 bits per heavy atom. The molecule has 0 bridgehead atoms. The van der Waals surface area contributed by atoms with Crippen LogP contribution in [0.5, 0.6) is 23.0 Å². The number of aromatic hydroxyl groups is 2. The van der Waals surface area contributed by atoms with Crippen molar-refractivity contribution < 1.29 is 29.2 Å². The van der Waals surface area contributed by atoms with E-state index in [2.05, 4.69) is 0 Å². The Labute approximate surface area is 148 Å². The van der Waals surface area contributed by atoms with Gasteiger partial charge in [0, 0.05) is 11.1 Å². The first-order chi connectivity index (χ1) is 12.5. The van der Waals surface area contributed by atoms with E-state index in [-0.39, 0.29) is 24.9 Å². The Morgan fingerprint density at radius 1 is 0.885 bits per heavy atom. The lowest BCUT2D eigenvalue weighted by Gasteiger charge is -2.15. The molecule has 2 N–H and O–H groups in total. The van der Waals surface area contributed by atoms with Gasteiger partial charge in [0.15, 0.2) is 23.0 Å². The van der Waals surface area contributed by atoms with Crippen molar-refractivity contribution in [2.24, 2.45) is 0 Å². The number of phenolic OH excluding ortho intramolecular Hbond substituents is 2. The number of rotatable bonds is 1. The van der Waals surface area contributed by atoms with Crippen molar-refractivity contribution in [2.45, 2.75) is 13.5 Å². The van der Waals surface area contributed by atoms with Crippen molar-refractivity contribution in [1.29, 1.82) is 0 Å². The number of esters is 1. The molecule has 2 aliphatic heterocycles. The van der Waals surface area contributed by atoms with Crippen molar-refractivity contribution >= 4 is 16.7 Å². The lowest BCUT2D eigenvalue weighted by molar-refractivity contribution is 0.0535. The van der Waals surface area contributed by atoms with E-state index in [1.165, 1.54) is 12.1 Å². The maximum atomic E-state index is 12.5. The minimum Gasteiger partial charge on any atom is -0.504 e. The van der Waals surface area contributed by atoms with Crippen LogP contribution in [-0.2, 0) is 11.3 Å². The van der Waals surface area contributed by atoms with E-state index in [1.54, 1.807) is 6.07 Å². The van der Waals surface area contributed by atoms with E-state index in [0.29, 0.717) is 28.0 Å². The van der Waals surface area contributed by atoms with Gasteiger partial charge in [-0.2, -0.15) is 0 Å². The van der Waals surface area contributed by atoms with Gasteiger partial charge in [-0.05, 0) is 53.1 Å². The van der Waals surface area contributed by atoms with Crippen LogP contribution in [0, 0.1) is 6.92 Å². The largest absolute Gasteiger partial charge is 0.504 e. The molecule has 0 fully saturated rings. The summed E-state index contributed by atoms with van der Waals surface area (Å²) < 4.78 is 16.1. The molecular weight excluding hydrogens is 336 g/mol. The highest BCUT2D eigenvalue weighted by molar-refractivity contribution is 6.12. The molecule has 0 radical (unpaired) electrons. The Bertz CT molecular complexity index is 1120. The molecular formula is C20H14O6. The van der Waals surface area contributed by atoms with Gasteiger partial charge in [0.2, 0.25) is 6.79 Å². The number of phenols is 2. The molecule has 2 heterocycles. The number of carbonyl (C=O) groups is 1. The van der Waals surface area contributed by atoms with Crippen LogP contribution in [0.1, 0.15) is 21.5 Å². The summed E-state index contributed by atoms with van der Waals surface area (Å²) in [7, 11) is 0. The summed E-state index contributed by atoms with van der Waals surface area (Å²) in [5.41, 5.74) is 3.52. The van der Waals surface area contributed by atoms with Gasteiger partial charge in [-0.3, -0.25) is 0 Å². The van der Waals surface area contributed by atoms with E-state index < -0.39 is 5.97 Å². The summed E-state index contributed by atoms with van der Waals surface area (Å²) in [5.74, 6) is 0.391. The molecule has 26 heavy (non-hydrogen) atoms. The van der Waals surface area contributed by atoms with Crippen LogP contribution < -0.4 is 9.47 Å². The SMILES string of the molecule is Cc1c2c(c(-c3ccc4c(c3)OCO4)c3cc(O)c(O)cc13)C(=O)OC2. The second-order valence-corrected chi connectivity index (χ2v) is 6.38. The zero-order valence-electron chi connectivity index (χ0n) is 13.8. The third kappa shape index (κ3) is 1.89. The van der Waals surface area contributed by atoms with Gasteiger partial charge in [0.25, 0.3) is 0 Å². The highest BCUT2D eigenvalue weighted by atomic mass is 16.7. The Balaban J connectivity index is 1.92. The summed E-state index contributed by atoms with van der Waals surface area (Å²) in [6.07, 6.45) is 0. The lowest BCUT2D eigenvalue weighted by atomic mass is 9.87. The normalized spacial score (nSPS) is 14.6. The molecule has 6 nitrogen and oxygen atoms in total. The average molecular weight is 350 g/mol. The summed E-state index contributed by atoms with van der Waals surface area (Å²) in [6.45, 7) is 2.22. The van der Waals surface area contributed by atoms with Crippen molar-refractivity contribution in [3.63, 3.8) is 0 Å². The molecule has 0 amide bonds. The highest BCUT2D eigenvalue weighted by Gasteiger charge is 2.31. The molecule has 0 aliphatic carbocycles. The van der Waals surface area contributed by atoms with Crippen LogP contribution in [0.25, 0.3) is 21.9 Å². The molecule has 0 saturated heterocycles. The first-order valence-electron chi connectivity index (χ1n) is 8.13. The Hall–Kier alpha value is -3.41. The summed E-state index contributed by atoms with van der Waals surface area (Å²) >= 11 is 0. The van der Waals surface area contributed by atoms with E-state index in [0.717, 1.165) is 22.1 Å². The number of hydrogen-bond donors (Lipinski definition) is 2. The van der Waals surface area contributed by atoms with Gasteiger partial charge in [-0.25, -0.2) is 4.79 Å². The predicted octanol–water partition coefficient (Wildman–Crippen LogP) is 3.63. The zero-order chi connectivity index (χ0) is 18.0. The van der Waals surface area contributed by atoms with E-state index >= 15 is 0 Å². The van der Waals surface area contributed by atoms with Crippen LogP contribution in [-0.4, -0.2) is 23.0 Å². The van der Waals surface area contributed by atoms with Crippen LogP contribution in [0.2, 0.25) is 0 Å². The minimum absolute atomic E-state index is 0.155. The molecule has 0 atom stereocenters. The Kier molecular flexibility index (Phi) is 2.89. The van der Waals surface area contributed by atoms with Gasteiger partial charge < -0.3 is 24.4 Å². The molecule has 2 aliphatic rings. The number of carbonyl (C=O) groups excluding carboxylic acids is 1.